The number of rotatable bonds is 3. The number of carbonyl (C=O) groups excluding carboxylic acids is 1. The molecule has 0 spiro atoms. The Morgan fingerprint density at radius 3 is 2.26 bits per heavy atom. The highest BCUT2D eigenvalue weighted by atomic mass is 79.9. The molecule has 1 aromatic carbocycles. The molecule has 0 saturated carbocycles. The highest BCUT2D eigenvalue weighted by Crippen LogP contribution is 2.27. The minimum absolute atomic E-state index is 0.237. The number of anilines is 1. The third-order valence-electron chi connectivity index (χ3n) is 3.20. The molecule has 1 aliphatic carbocycles. The van der Waals surface area contributed by atoms with Crippen LogP contribution in [0.15, 0.2) is 40.9 Å². The molecule has 5 heteroatoms. The number of hydrogen-bond donors (Lipinski definition) is 2. The third kappa shape index (κ3) is 3.44. The monoisotopic (exact) mass is 323 g/mol. The van der Waals surface area contributed by atoms with Gasteiger partial charge in [-0.3, -0.25) is 9.59 Å². The molecular weight excluding hydrogens is 310 g/mol. The quantitative estimate of drug-likeness (QED) is 0.840. The topological polar surface area (TPSA) is 66.4 Å². The van der Waals surface area contributed by atoms with Gasteiger partial charge in [-0.15, -0.1) is 0 Å². The summed E-state index contributed by atoms with van der Waals surface area (Å²) in [4.78, 5) is 23.3. The second-order valence-electron chi connectivity index (χ2n) is 4.49. The first-order valence-electron chi connectivity index (χ1n) is 6.02. The van der Waals surface area contributed by atoms with E-state index in [9.17, 15) is 9.59 Å². The van der Waals surface area contributed by atoms with Crippen LogP contribution in [0.2, 0.25) is 0 Å². The van der Waals surface area contributed by atoms with Crippen LogP contribution in [0, 0.1) is 11.8 Å². The average Bonchev–Trinajstić information content (AvgIpc) is 2.41. The SMILES string of the molecule is O=C(O)[C@@H]1CC=CC[C@H]1C(=O)Nc1ccc(Br)cc1. The van der Waals surface area contributed by atoms with Gasteiger partial charge in [-0.25, -0.2) is 0 Å². The summed E-state index contributed by atoms with van der Waals surface area (Å²) in [7, 11) is 0. The highest BCUT2D eigenvalue weighted by molar-refractivity contribution is 9.10. The van der Waals surface area contributed by atoms with E-state index < -0.39 is 17.8 Å². The molecule has 1 amide bonds. The molecule has 0 unspecified atom stereocenters. The van der Waals surface area contributed by atoms with Gasteiger partial charge in [0.25, 0.3) is 0 Å². The van der Waals surface area contributed by atoms with Crippen LogP contribution in [0.1, 0.15) is 12.8 Å². The van der Waals surface area contributed by atoms with Gasteiger partial charge >= 0.3 is 5.97 Å². The molecule has 4 nitrogen and oxygen atoms in total. The Morgan fingerprint density at radius 2 is 1.68 bits per heavy atom. The number of benzene rings is 1. The zero-order valence-electron chi connectivity index (χ0n) is 10.2. The number of hydrogen-bond acceptors (Lipinski definition) is 2. The number of aliphatic carboxylic acids is 1. The minimum atomic E-state index is -0.916. The molecule has 0 aliphatic heterocycles. The lowest BCUT2D eigenvalue weighted by Gasteiger charge is -2.24. The molecule has 0 bridgehead atoms. The van der Waals surface area contributed by atoms with Gasteiger partial charge in [-0.1, -0.05) is 28.1 Å². The standard InChI is InChI=1S/C14H14BrNO3/c15-9-5-7-10(8-6-9)16-13(17)11-3-1-2-4-12(11)14(18)19/h1-2,5-8,11-12H,3-4H2,(H,16,17)(H,18,19)/t11-,12-/m1/s1. The average molecular weight is 324 g/mol. The normalized spacial score (nSPS) is 21.9. The Bertz CT molecular complexity index is 510. The van der Waals surface area contributed by atoms with Crippen molar-refractivity contribution in [2.45, 2.75) is 12.8 Å². The molecule has 2 N–H and O–H groups in total. The van der Waals surface area contributed by atoms with Gasteiger partial charge in [-0.05, 0) is 37.1 Å². The van der Waals surface area contributed by atoms with E-state index >= 15 is 0 Å². The molecule has 19 heavy (non-hydrogen) atoms. The lowest BCUT2D eigenvalue weighted by atomic mass is 9.82. The van der Waals surface area contributed by atoms with E-state index in [2.05, 4.69) is 21.2 Å². The number of nitrogens with one attached hydrogen (secondary N) is 1. The number of carboxylic acids is 1. The first-order chi connectivity index (χ1) is 9.08. The Morgan fingerprint density at radius 1 is 1.11 bits per heavy atom. The van der Waals surface area contributed by atoms with Crippen molar-refractivity contribution in [1.82, 2.24) is 0 Å². The van der Waals surface area contributed by atoms with Crippen molar-refractivity contribution in [1.29, 1.82) is 0 Å². The minimum Gasteiger partial charge on any atom is -0.481 e. The summed E-state index contributed by atoms with van der Waals surface area (Å²) in [5.74, 6) is -2.30. The number of carbonyl (C=O) groups is 2. The van der Waals surface area contributed by atoms with E-state index in [1.807, 2.05) is 24.3 Å². The summed E-state index contributed by atoms with van der Waals surface area (Å²) < 4.78 is 0.925. The van der Waals surface area contributed by atoms with E-state index in [-0.39, 0.29) is 5.91 Å². The van der Waals surface area contributed by atoms with Crippen LogP contribution < -0.4 is 5.32 Å². The fourth-order valence-electron chi connectivity index (χ4n) is 2.15. The second kappa shape index (κ2) is 6.02. The summed E-state index contributed by atoms with van der Waals surface area (Å²) in [6, 6.07) is 7.20. The van der Waals surface area contributed by atoms with Crippen LogP contribution in [0.25, 0.3) is 0 Å². The molecule has 1 aliphatic rings. The smallest absolute Gasteiger partial charge is 0.307 e. The summed E-state index contributed by atoms with van der Waals surface area (Å²) in [5, 5.41) is 11.9. The highest BCUT2D eigenvalue weighted by Gasteiger charge is 2.33. The van der Waals surface area contributed by atoms with E-state index in [4.69, 9.17) is 5.11 Å². The molecule has 0 saturated heterocycles. The summed E-state index contributed by atoms with van der Waals surface area (Å²) in [5.41, 5.74) is 0.673. The van der Waals surface area contributed by atoms with E-state index in [0.29, 0.717) is 18.5 Å². The summed E-state index contributed by atoms with van der Waals surface area (Å²) >= 11 is 3.32. The van der Waals surface area contributed by atoms with Gasteiger partial charge in [0.05, 0.1) is 11.8 Å². The fourth-order valence-corrected chi connectivity index (χ4v) is 2.41. The van der Waals surface area contributed by atoms with Gasteiger partial charge in [0.2, 0.25) is 5.91 Å². The van der Waals surface area contributed by atoms with E-state index in [0.717, 1.165) is 4.47 Å². The molecule has 0 aromatic heterocycles. The van der Waals surface area contributed by atoms with Crippen molar-refractivity contribution < 1.29 is 14.7 Å². The maximum Gasteiger partial charge on any atom is 0.307 e. The largest absolute Gasteiger partial charge is 0.481 e. The number of allylic oxidation sites excluding steroid dienone is 2. The summed E-state index contributed by atoms with van der Waals surface area (Å²) in [6.45, 7) is 0. The van der Waals surface area contributed by atoms with E-state index in [1.54, 1.807) is 12.1 Å². The van der Waals surface area contributed by atoms with Crippen molar-refractivity contribution in [2.75, 3.05) is 5.32 Å². The molecule has 0 fully saturated rings. The molecule has 0 radical (unpaired) electrons. The Balaban J connectivity index is 2.08. The van der Waals surface area contributed by atoms with Gasteiger partial charge in [0.1, 0.15) is 0 Å². The van der Waals surface area contributed by atoms with Crippen LogP contribution in [0.5, 0.6) is 0 Å². The first-order valence-corrected chi connectivity index (χ1v) is 6.81. The molecule has 2 rings (SSSR count). The van der Waals surface area contributed by atoms with Crippen molar-refractivity contribution in [3.05, 3.63) is 40.9 Å². The van der Waals surface area contributed by atoms with Crippen LogP contribution in [-0.2, 0) is 9.59 Å². The molecular formula is C14H14BrNO3. The Hall–Kier alpha value is -1.62. The Kier molecular flexibility index (Phi) is 4.37. The van der Waals surface area contributed by atoms with Crippen molar-refractivity contribution in [2.24, 2.45) is 11.8 Å². The predicted molar refractivity (Wildman–Crippen MR) is 75.8 cm³/mol. The lowest BCUT2D eigenvalue weighted by molar-refractivity contribution is -0.146. The fraction of sp³-hybridized carbons (Fsp3) is 0.286. The van der Waals surface area contributed by atoms with Crippen LogP contribution in [-0.4, -0.2) is 17.0 Å². The zero-order valence-corrected chi connectivity index (χ0v) is 11.8. The van der Waals surface area contributed by atoms with Gasteiger partial charge in [-0.2, -0.15) is 0 Å². The van der Waals surface area contributed by atoms with Gasteiger partial charge in [0.15, 0.2) is 0 Å². The van der Waals surface area contributed by atoms with Crippen LogP contribution in [0.3, 0.4) is 0 Å². The number of amides is 1. The molecule has 0 heterocycles. The van der Waals surface area contributed by atoms with Crippen molar-refractivity contribution in [3.8, 4) is 0 Å². The second-order valence-corrected chi connectivity index (χ2v) is 5.41. The molecule has 2 atom stereocenters. The van der Waals surface area contributed by atoms with Gasteiger partial charge in [0, 0.05) is 10.2 Å². The molecule has 100 valence electrons. The van der Waals surface area contributed by atoms with Crippen molar-refractivity contribution in [3.63, 3.8) is 0 Å². The van der Waals surface area contributed by atoms with Crippen molar-refractivity contribution >= 4 is 33.5 Å². The lowest BCUT2D eigenvalue weighted by Crippen LogP contribution is -2.34. The predicted octanol–water partition coefficient (Wildman–Crippen LogP) is 3.05. The summed E-state index contributed by atoms with van der Waals surface area (Å²) in [6.07, 6.45) is 4.57. The maximum absolute atomic E-state index is 12.1. The third-order valence-corrected chi connectivity index (χ3v) is 3.73. The van der Waals surface area contributed by atoms with Gasteiger partial charge < -0.3 is 10.4 Å². The van der Waals surface area contributed by atoms with Crippen LogP contribution in [0.4, 0.5) is 5.69 Å². The van der Waals surface area contributed by atoms with Crippen LogP contribution >= 0.6 is 15.9 Å². The maximum atomic E-state index is 12.1. The number of carboxylic acid groups (broad SMARTS) is 1. The first kappa shape index (κ1) is 13.8. The van der Waals surface area contributed by atoms with E-state index in [1.165, 1.54) is 0 Å². The zero-order chi connectivity index (χ0) is 13.8. The molecule has 1 aromatic rings. The number of halogens is 1. The Labute approximate surface area is 119 Å².